The van der Waals surface area contributed by atoms with E-state index in [1.807, 2.05) is 0 Å². The Morgan fingerprint density at radius 1 is 0.900 bits per heavy atom. The second-order valence-corrected chi connectivity index (χ2v) is 7.41. The molecule has 0 bridgehead atoms. The zero-order chi connectivity index (χ0) is 20.8. The van der Waals surface area contributed by atoms with E-state index in [0.717, 1.165) is 12.0 Å². The SMILES string of the molecule is CCCCCCCCc1ccc(CNCC#CCC(C)(C(=O)O)C(=O)O)cc1.Cl.Cl. The fourth-order valence-corrected chi connectivity index (χ4v) is 2.75. The second kappa shape index (κ2) is 17.0. The minimum atomic E-state index is -1.86. The lowest BCUT2D eigenvalue weighted by atomic mass is 9.87. The van der Waals surface area contributed by atoms with Gasteiger partial charge in [-0.3, -0.25) is 9.59 Å². The topological polar surface area (TPSA) is 86.6 Å². The summed E-state index contributed by atoms with van der Waals surface area (Å²) in [6, 6.07) is 8.55. The van der Waals surface area contributed by atoms with Crippen molar-refractivity contribution in [1.29, 1.82) is 0 Å². The molecular weight excluding hydrogens is 425 g/mol. The van der Waals surface area contributed by atoms with Gasteiger partial charge in [-0.1, -0.05) is 69.2 Å². The van der Waals surface area contributed by atoms with E-state index in [-0.39, 0.29) is 31.2 Å². The highest BCUT2D eigenvalue weighted by Crippen LogP contribution is 2.21. The standard InChI is InChI=1S/C23H33NO4.2ClH/c1-3-4-5-6-7-8-11-19-12-14-20(15-13-19)18-24-17-10-9-16-23(2,21(25)26)22(27)28;;/h12-15,24H,3-8,11,16-18H2,1-2H3,(H,25,26)(H,27,28);2*1H. The molecule has 0 saturated heterocycles. The first-order valence-corrected chi connectivity index (χ1v) is 10.1. The third-order valence-electron chi connectivity index (χ3n) is 4.90. The summed E-state index contributed by atoms with van der Waals surface area (Å²) in [5.74, 6) is 2.70. The number of carboxylic acid groups (broad SMARTS) is 2. The van der Waals surface area contributed by atoms with Crippen molar-refractivity contribution in [3.8, 4) is 11.8 Å². The van der Waals surface area contributed by atoms with Crippen LogP contribution in [-0.4, -0.2) is 28.7 Å². The number of nitrogens with one attached hydrogen (secondary N) is 1. The van der Waals surface area contributed by atoms with E-state index in [0.29, 0.717) is 13.1 Å². The number of hydrogen-bond acceptors (Lipinski definition) is 3. The Labute approximate surface area is 192 Å². The summed E-state index contributed by atoms with van der Waals surface area (Å²) in [5.41, 5.74) is 0.661. The van der Waals surface area contributed by atoms with E-state index in [4.69, 9.17) is 10.2 Å². The predicted molar refractivity (Wildman–Crippen MR) is 125 cm³/mol. The molecule has 0 aromatic heterocycles. The van der Waals surface area contributed by atoms with Crippen LogP contribution >= 0.6 is 24.8 Å². The van der Waals surface area contributed by atoms with Crippen molar-refractivity contribution in [2.45, 2.75) is 71.8 Å². The Bertz CT molecular complexity index is 667. The Morgan fingerprint density at radius 3 is 2.00 bits per heavy atom. The number of carboxylic acids is 2. The monoisotopic (exact) mass is 459 g/mol. The van der Waals surface area contributed by atoms with Gasteiger partial charge in [-0.05, 0) is 30.9 Å². The van der Waals surface area contributed by atoms with Crippen LogP contribution in [0.2, 0.25) is 0 Å². The van der Waals surface area contributed by atoms with Crippen LogP contribution in [0.25, 0.3) is 0 Å². The quantitative estimate of drug-likeness (QED) is 0.217. The number of rotatable bonds is 13. The predicted octanol–water partition coefficient (Wildman–Crippen LogP) is 5.09. The summed E-state index contributed by atoms with van der Waals surface area (Å²) in [5, 5.41) is 21.2. The maximum absolute atomic E-state index is 11.1. The zero-order valence-corrected chi connectivity index (χ0v) is 19.5. The summed E-state index contributed by atoms with van der Waals surface area (Å²) in [4.78, 5) is 22.1. The Morgan fingerprint density at radius 2 is 1.43 bits per heavy atom. The third kappa shape index (κ3) is 11.4. The smallest absolute Gasteiger partial charge is 0.321 e. The van der Waals surface area contributed by atoms with Gasteiger partial charge in [0, 0.05) is 13.0 Å². The van der Waals surface area contributed by atoms with Crippen molar-refractivity contribution in [2.75, 3.05) is 6.54 Å². The molecule has 30 heavy (non-hydrogen) atoms. The van der Waals surface area contributed by atoms with Gasteiger partial charge in [0.05, 0.1) is 6.54 Å². The molecule has 0 aliphatic carbocycles. The molecule has 3 N–H and O–H groups in total. The maximum atomic E-state index is 11.1. The number of aryl methyl sites for hydroxylation is 1. The zero-order valence-electron chi connectivity index (χ0n) is 17.9. The molecule has 0 spiro atoms. The fourth-order valence-electron chi connectivity index (χ4n) is 2.75. The molecule has 1 rings (SSSR count). The molecule has 5 nitrogen and oxygen atoms in total. The fraction of sp³-hybridized carbons (Fsp3) is 0.565. The Hall–Kier alpha value is -1.74. The number of hydrogen-bond donors (Lipinski definition) is 3. The molecule has 0 heterocycles. The molecule has 0 atom stereocenters. The van der Waals surface area contributed by atoms with Crippen LogP contribution in [-0.2, 0) is 22.6 Å². The molecule has 0 radical (unpaired) electrons. The highest BCUT2D eigenvalue weighted by Gasteiger charge is 2.40. The first kappa shape index (κ1) is 30.5. The molecule has 0 fully saturated rings. The first-order chi connectivity index (χ1) is 13.4. The average Bonchev–Trinajstić information content (AvgIpc) is 2.67. The van der Waals surface area contributed by atoms with E-state index < -0.39 is 17.4 Å². The largest absolute Gasteiger partial charge is 0.480 e. The molecule has 0 unspecified atom stereocenters. The number of aliphatic carboxylic acids is 2. The van der Waals surface area contributed by atoms with E-state index >= 15 is 0 Å². The van der Waals surface area contributed by atoms with Crippen LogP contribution in [0.1, 0.15) is 69.9 Å². The Balaban J connectivity index is 0. The van der Waals surface area contributed by atoms with Gasteiger partial charge >= 0.3 is 11.9 Å². The normalized spacial score (nSPS) is 10.2. The van der Waals surface area contributed by atoms with E-state index in [2.05, 4.69) is 48.3 Å². The lowest BCUT2D eigenvalue weighted by molar-refractivity contribution is -0.162. The van der Waals surface area contributed by atoms with Gasteiger partial charge in [-0.15, -0.1) is 30.7 Å². The molecule has 0 aliphatic rings. The summed E-state index contributed by atoms with van der Waals surface area (Å²) in [6.07, 6.45) is 8.73. The van der Waals surface area contributed by atoms with Crippen LogP contribution in [0.3, 0.4) is 0 Å². The van der Waals surface area contributed by atoms with Gasteiger partial charge in [-0.25, -0.2) is 0 Å². The molecule has 1 aromatic rings. The van der Waals surface area contributed by atoms with Gasteiger partial charge in [-0.2, -0.15) is 0 Å². The molecule has 1 aromatic carbocycles. The molecule has 0 amide bonds. The molecule has 7 heteroatoms. The minimum absolute atomic E-state index is 0. The summed E-state index contributed by atoms with van der Waals surface area (Å²) in [6.45, 7) is 4.46. The van der Waals surface area contributed by atoms with Crippen molar-refractivity contribution in [3.63, 3.8) is 0 Å². The number of halogens is 2. The second-order valence-electron chi connectivity index (χ2n) is 7.41. The van der Waals surface area contributed by atoms with Gasteiger partial charge in [0.25, 0.3) is 0 Å². The molecule has 0 saturated carbocycles. The highest BCUT2D eigenvalue weighted by molar-refractivity contribution is 5.98. The highest BCUT2D eigenvalue weighted by atomic mass is 35.5. The van der Waals surface area contributed by atoms with Crippen molar-refractivity contribution in [3.05, 3.63) is 35.4 Å². The first-order valence-electron chi connectivity index (χ1n) is 10.1. The number of carbonyl (C=O) groups is 2. The van der Waals surface area contributed by atoms with Crippen molar-refractivity contribution >= 4 is 36.8 Å². The molecule has 170 valence electrons. The van der Waals surface area contributed by atoms with Crippen LogP contribution in [0.15, 0.2) is 24.3 Å². The van der Waals surface area contributed by atoms with Gasteiger partial charge < -0.3 is 15.5 Å². The van der Waals surface area contributed by atoms with Crippen LogP contribution in [0, 0.1) is 17.3 Å². The lowest BCUT2D eigenvalue weighted by Crippen LogP contribution is -2.35. The Kier molecular flexibility index (Phi) is 17.2. The lowest BCUT2D eigenvalue weighted by Gasteiger charge is -2.15. The minimum Gasteiger partial charge on any atom is -0.480 e. The van der Waals surface area contributed by atoms with Crippen molar-refractivity contribution in [1.82, 2.24) is 5.32 Å². The van der Waals surface area contributed by atoms with Gasteiger partial charge in [0.15, 0.2) is 5.41 Å². The maximum Gasteiger partial charge on any atom is 0.321 e. The third-order valence-corrected chi connectivity index (χ3v) is 4.90. The van der Waals surface area contributed by atoms with Crippen LogP contribution in [0.5, 0.6) is 0 Å². The van der Waals surface area contributed by atoms with Crippen molar-refractivity contribution < 1.29 is 19.8 Å². The summed E-state index contributed by atoms with van der Waals surface area (Å²) in [7, 11) is 0. The molecule has 0 aliphatic heterocycles. The average molecular weight is 460 g/mol. The van der Waals surface area contributed by atoms with Gasteiger partial charge in [0.2, 0.25) is 0 Å². The van der Waals surface area contributed by atoms with E-state index in [9.17, 15) is 9.59 Å². The number of unbranched alkanes of at least 4 members (excludes halogenated alkanes) is 5. The van der Waals surface area contributed by atoms with Gasteiger partial charge in [0.1, 0.15) is 0 Å². The van der Waals surface area contributed by atoms with Crippen molar-refractivity contribution in [2.24, 2.45) is 5.41 Å². The van der Waals surface area contributed by atoms with Crippen LogP contribution in [0.4, 0.5) is 0 Å². The van der Waals surface area contributed by atoms with E-state index in [1.165, 1.54) is 51.0 Å². The summed E-state index contributed by atoms with van der Waals surface area (Å²) >= 11 is 0. The molecular formula is C23H35Cl2NO4. The number of benzene rings is 1. The van der Waals surface area contributed by atoms with Crippen LogP contribution < -0.4 is 5.32 Å². The summed E-state index contributed by atoms with van der Waals surface area (Å²) < 4.78 is 0. The van der Waals surface area contributed by atoms with E-state index in [1.54, 1.807) is 0 Å².